The van der Waals surface area contributed by atoms with Crippen molar-refractivity contribution in [3.05, 3.63) is 34.9 Å². The van der Waals surface area contributed by atoms with Crippen molar-refractivity contribution in [1.29, 1.82) is 0 Å². The van der Waals surface area contributed by atoms with Crippen molar-refractivity contribution in [3.63, 3.8) is 0 Å². The van der Waals surface area contributed by atoms with E-state index in [1.807, 2.05) is 10.6 Å². The normalized spacial score (nSPS) is 23.2. The predicted molar refractivity (Wildman–Crippen MR) is 89.4 cm³/mol. The van der Waals surface area contributed by atoms with Crippen molar-refractivity contribution < 1.29 is 36.7 Å². The van der Waals surface area contributed by atoms with E-state index >= 15 is 0 Å². The minimum Gasteiger partial charge on any atom is -0.330 e. The summed E-state index contributed by atoms with van der Waals surface area (Å²) in [6.07, 6.45) is 3.48. The molecule has 1 aliphatic carbocycles. The lowest BCUT2D eigenvalue weighted by atomic mass is 9.90. The fraction of sp³-hybridized carbons (Fsp3) is 0.444. The monoisotopic (exact) mass is 415 g/mol. The second-order valence-corrected chi connectivity index (χ2v) is 7.15. The SMILES string of the molecule is CC1(NC(=O)c2cc(F)c(F)c(F)c2F)C(=O)NC(=O)N(C2CCCCC2)C1=O. The zero-order chi connectivity index (χ0) is 21.5. The highest BCUT2D eigenvalue weighted by Crippen LogP contribution is 2.27. The van der Waals surface area contributed by atoms with Gasteiger partial charge in [0.25, 0.3) is 17.7 Å². The highest BCUT2D eigenvalue weighted by atomic mass is 19.2. The summed E-state index contributed by atoms with van der Waals surface area (Å²) < 4.78 is 53.8. The van der Waals surface area contributed by atoms with Crippen molar-refractivity contribution in [2.45, 2.75) is 50.6 Å². The van der Waals surface area contributed by atoms with Crippen LogP contribution in [0.1, 0.15) is 49.4 Å². The number of nitrogens with one attached hydrogen (secondary N) is 2. The summed E-state index contributed by atoms with van der Waals surface area (Å²) in [4.78, 5) is 50.6. The molecule has 1 aliphatic heterocycles. The number of benzene rings is 1. The van der Waals surface area contributed by atoms with Crippen molar-refractivity contribution in [1.82, 2.24) is 15.5 Å². The molecule has 0 radical (unpaired) electrons. The third-order valence-electron chi connectivity index (χ3n) is 5.19. The van der Waals surface area contributed by atoms with Crippen LogP contribution < -0.4 is 10.6 Å². The highest BCUT2D eigenvalue weighted by Gasteiger charge is 2.53. The Labute approximate surface area is 162 Å². The maximum absolute atomic E-state index is 13.9. The van der Waals surface area contributed by atoms with Gasteiger partial charge in [-0.2, -0.15) is 0 Å². The smallest absolute Gasteiger partial charge is 0.330 e. The molecule has 0 aromatic heterocycles. The molecule has 1 saturated carbocycles. The number of halogens is 4. The van der Waals surface area contributed by atoms with E-state index in [0.29, 0.717) is 12.8 Å². The maximum atomic E-state index is 13.9. The van der Waals surface area contributed by atoms with E-state index in [9.17, 15) is 36.7 Å². The number of urea groups is 1. The summed E-state index contributed by atoms with van der Waals surface area (Å²) in [6, 6.07) is -1.32. The zero-order valence-electron chi connectivity index (χ0n) is 15.3. The van der Waals surface area contributed by atoms with E-state index in [1.54, 1.807) is 0 Å². The van der Waals surface area contributed by atoms with Crippen LogP contribution in [0.2, 0.25) is 0 Å². The average molecular weight is 415 g/mol. The number of barbiturate groups is 1. The van der Waals surface area contributed by atoms with Gasteiger partial charge in [0.15, 0.2) is 28.8 Å². The molecule has 1 aromatic rings. The second kappa shape index (κ2) is 7.45. The second-order valence-electron chi connectivity index (χ2n) is 7.15. The Kier molecular flexibility index (Phi) is 5.33. The van der Waals surface area contributed by atoms with Gasteiger partial charge >= 0.3 is 6.03 Å². The molecule has 1 unspecified atom stereocenters. The van der Waals surface area contributed by atoms with Gasteiger partial charge in [-0.15, -0.1) is 0 Å². The van der Waals surface area contributed by atoms with Crippen molar-refractivity contribution in [2.75, 3.05) is 0 Å². The molecule has 3 rings (SSSR count). The van der Waals surface area contributed by atoms with Gasteiger partial charge in [-0.1, -0.05) is 19.3 Å². The van der Waals surface area contributed by atoms with E-state index in [-0.39, 0.29) is 6.07 Å². The molecule has 0 bridgehead atoms. The molecule has 1 heterocycles. The standard InChI is InChI=1S/C18H17F4N3O4/c1-18(24-14(26)9-7-10(19)12(21)13(22)11(9)20)15(27)23-17(29)25(16(18)28)8-5-3-2-4-6-8/h7-8H,2-6H2,1H3,(H,24,26)(H,23,27,29). The molecule has 7 nitrogen and oxygen atoms in total. The van der Waals surface area contributed by atoms with E-state index in [2.05, 4.69) is 0 Å². The summed E-state index contributed by atoms with van der Waals surface area (Å²) in [5.74, 6) is -11.9. The minimum absolute atomic E-state index is 0.113. The largest absolute Gasteiger partial charge is 0.331 e. The van der Waals surface area contributed by atoms with Crippen LogP contribution in [0.3, 0.4) is 0 Å². The molecule has 156 valence electrons. The lowest BCUT2D eigenvalue weighted by Crippen LogP contribution is -2.74. The topological polar surface area (TPSA) is 95.6 Å². The number of nitrogens with zero attached hydrogens (tertiary/aromatic N) is 1. The molecule has 2 aliphatic rings. The van der Waals surface area contributed by atoms with Gasteiger partial charge in [0.05, 0.1) is 5.56 Å². The van der Waals surface area contributed by atoms with Gasteiger partial charge in [0.1, 0.15) is 0 Å². The van der Waals surface area contributed by atoms with E-state index in [4.69, 9.17) is 0 Å². The van der Waals surface area contributed by atoms with Crippen LogP contribution in [0, 0.1) is 23.3 Å². The van der Waals surface area contributed by atoms with Crippen LogP contribution in [0.25, 0.3) is 0 Å². The Bertz CT molecular complexity index is 917. The lowest BCUT2D eigenvalue weighted by Gasteiger charge is -2.41. The first-order chi connectivity index (χ1) is 13.6. The first-order valence-corrected chi connectivity index (χ1v) is 8.92. The quantitative estimate of drug-likeness (QED) is 0.342. The van der Waals surface area contributed by atoms with E-state index < -0.39 is 64.2 Å². The Morgan fingerprint density at radius 2 is 1.69 bits per heavy atom. The van der Waals surface area contributed by atoms with Crippen molar-refractivity contribution in [2.24, 2.45) is 0 Å². The molecule has 2 fully saturated rings. The fourth-order valence-electron chi connectivity index (χ4n) is 3.53. The summed E-state index contributed by atoms with van der Waals surface area (Å²) in [5, 5.41) is 3.89. The first-order valence-electron chi connectivity index (χ1n) is 8.92. The fourth-order valence-corrected chi connectivity index (χ4v) is 3.53. The van der Waals surface area contributed by atoms with Gasteiger partial charge in [-0.3, -0.25) is 24.6 Å². The number of hydrogen-bond acceptors (Lipinski definition) is 4. The Balaban J connectivity index is 1.92. The Morgan fingerprint density at radius 1 is 1.07 bits per heavy atom. The molecule has 0 spiro atoms. The van der Waals surface area contributed by atoms with Crippen LogP contribution in [-0.4, -0.2) is 40.2 Å². The number of hydrogen-bond donors (Lipinski definition) is 2. The molecular weight excluding hydrogens is 398 g/mol. The summed E-state index contributed by atoms with van der Waals surface area (Å²) in [7, 11) is 0. The maximum Gasteiger partial charge on any atom is 0.331 e. The number of rotatable bonds is 3. The third-order valence-corrected chi connectivity index (χ3v) is 5.19. The molecular formula is C18H17F4N3O4. The third kappa shape index (κ3) is 3.45. The van der Waals surface area contributed by atoms with Gasteiger partial charge in [-0.05, 0) is 25.8 Å². The molecule has 11 heteroatoms. The van der Waals surface area contributed by atoms with Crippen molar-refractivity contribution >= 4 is 23.8 Å². The van der Waals surface area contributed by atoms with Gasteiger partial charge < -0.3 is 5.32 Å². The summed E-state index contributed by atoms with van der Waals surface area (Å²) in [5.41, 5.74) is -3.57. The van der Waals surface area contributed by atoms with E-state index in [0.717, 1.165) is 31.1 Å². The zero-order valence-corrected chi connectivity index (χ0v) is 15.3. The van der Waals surface area contributed by atoms with Crippen LogP contribution in [0.15, 0.2) is 6.07 Å². The molecule has 1 aromatic carbocycles. The van der Waals surface area contributed by atoms with E-state index in [1.165, 1.54) is 0 Å². The van der Waals surface area contributed by atoms with Gasteiger partial charge in [0, 0.05) is 6.04 Å². The number of carbonyl (C=O) groups is 4. The van der Waals surface area contributed by atoms with Gasteiger partial charge in [-0.25, -0.2) is 22.4 Å². The molecule has 2 N–H and O–H groups in total. The summed E-state index contributed by atoms with van der Waals surface area (Å²) in [6.45, 7) is 0.985. The van der Waals surface area contributed by atoms with Crippen LogP contribution >= 0.6 is 0 Å². The minimum atomic E-state index is -2.34. The first kappa shape index (κ1) is 20.7. The summed E-state index contributed by atoms with van der Waals surface area (Å²) >= 11 is 0. The Hall–Kier alpha value is -2.98. The van der Waals surface area contributed by atoms with Crippen LogP contribution in [0.4, 0.5) is 22.4 Å². The molecule has 29 heavy (non-hydrogen) atoms. The molecule has 5 amide bonds. The Morgan fingerprint density at radius 3 is 2.31 bits per heavy atom. The van der Waals surface area contributed by atoms with Crippen LogP contribution in [0.5, 0.6) is 0 Å². The number of imide groups is 2. The average Bonchev–Trinajstić information content (AvgIpc) is 2.68. The number of amides is 5. The molecule has 1 saturated heterocycles. The van der Waals surface area contributed by atoms with Gasteiger partial charge in [0.2, 0.25) is 0 Å². The number of carbonyl (C=O) groups excluding carboxylic acids is 4. The predicted octanol–water partition coefficient (Wildman–Crippen LogP) is 2.14. The highest BCUT2D eigenvalue weighted by molar-refractivity contribution is 6.24. The van der Waals surface area contributed by atoms with Crippen LogP contribution in [-0.2, 0) is 9.59 Å². The molecule has 1 atom stereocenters. The van der Waals surface area contributed by atoms with Crippen molar-refractivity contribution in [3.8, 4) is 0 Å². The lowest BCUT2D eigenvalue weighted by molar-refractivity contribution is -0.147.